The Hall–Kier alpha value is -0.613. The van der Waals surface area contributed by atoms with E-state index in [0.29, 0.717) is 13.2 Å². The van der Waals surface area contributed by atoms with Crippen LogP contribution in [-0.4, -0.2) is 28.1 Å². The standard InChI is InChI=1S/C12H23NO2Si/c1-12(2,3)6-9(8-15-16(4)5)10-7-13-11(10)14/h16H,6-8H2,1-5H3,(H,13,14). The molecular weight excluding hydrogens is 218 g/mol. The first kappa shape index (κ1) is 13.5. The van der Waals surface area contributed by atoms with Crippen molar-refractivity contribution in [2.24, 2.45) is 5.41 Å². The number of rotatable bonds is 4. The van der Waals surface area contributed by atoms with E-state index < -0.39 is 9.04 Å². The fraction of sp³-hybridized carbons (Fsp3) is 0.750. The molecule has 0 radical (unpaired) electrons. The number of carbonyl (C=O) groups is 1. The molecule has 0 saturated carbocycles. The Balaban J connectivity index is 2.70. The molecule has 0 aromatic rings. The molecule has 1 amide bonds. The summed E-state index contributed by atoms with van der Waals surface area (Å²) in [6, 6.07) is 0. The molecule has 0 atom stereocenters. The van der Waals surface area contributed by atoms with Crippen LogP contribution in [0.4, 0.5) is 0 Å². The zero-order valence-electron chi connectivity index (χ0n) is 11.0. The lowest BCUT2D eigenvalue weighted by Crippen LogP contribution is -2.43. The van der Waals surface area contributed by atoms with Crippen LogP contribution in [-0.2, 0) is 9.22 Å². The molecule has 1 aliphatic rings. The molecular formula is C12H23NO2Si. The zero-order chi connectivity index (χ0) is 12.3. The molecule has 0 aliphatic carbocycles. The summed E-state index contributed by atoms with van der Waals surface area (Å²) in [5, 5.41) is 2.77. The molecule has 3 nitrogen and oxygen atoms in total. The molecule has 0 unspecified atom stereocenters. The molecule has 1 heterocycles. The van der Waals surface area contributed by atoms with E-state index in [1.54, 1.807) is 0 Å². The molecule has 0 spiro atoms. The molecule has 1 fully saturated rings. The van der Waals surface area contributed by atoms with Crippen LogP contribution in [0.25, 0.3) is 0 Å². The van der Waals surface area contributed by atoms with Crippen LogP contribution in [0.5, 0.6) is 0 Å². The van der Waals surface area contributed by atoms with Gasteiger partial charge >= 0.3 is 0 Å². The Morgan fingerprint density at radius 3 is 2.38 bits per heavy atom. The van der Waals surface area contributed by atoms with Crippen molar-refractivity contribution in [3.05, 3.63) is 11.1 Å². The van der Waals surface area contributed by atoms with Crippen molar-refractivity contribution in [2.75, 3.05) is 13.2 Å². The first-order valence-electron chi connectivity index (χ1n) is 5.90. The van der Waals surface area contributed by atoms with Crippen molar-refractivity contribution in [1.82, 2.24) is 5.32 Å². The first-order valence-corrected chi connectivity index (χ1v) is 8.68. The third-order valence-corrected chi connectivity index (χ3v) is 3.29. The highest BCUT2D eigenvalue weighted by Gasteiger charge is 2.26. The van der Waals surface area contributed by atoms with E-state index in [0.717, 1.165) is 12.0 Å². The lowest BCUT2D eigenvalue weighted by Gasteiger charge is -2.27. The first-order chi connectivity index (χ1) is 7.29. The minimum absolute atomic E-state index is 0.0910. The predicted octanol–water partition coefficient (Wildman–Crippen LogP) is 1.85. The topological polar surface area (TPSA) is 38.3 Å². The number of carbonyl (C=O) groups excluding carboxylic acids is 1. The highest BCUT2D eigenvalue weighted by atomic mass is 28.3. The average molecular weight is 241 g/mol. The number of hydrogen-bond acceptors (Lipinski definition) is 2. The maximum atomic E-state index is 11.4. The Morgan fingerprint density at radius 2 is 2.06 bits per heavy atom. The normalized spacial score (nSPS) is 19.5. The van der Waals surface area contributed by atoms with Gasteiger partial charge in [0.1, 0.15) is 0 Å². The van der Waals surface area contributed by atoms with Gasteiger partial charge in [0, 0.05) is 12.1 Å². The van der Waals surface area contributed by atoms with E-state index in [1.165, 1.54) is 5.57 Å². The third-order valence-electron chi connectivity index (χ3n) is 2.46. The van der Waals surface area contributed by atoms with E-state index in [-0.39, 0.29) is 11.3 Å². The Bertz CT molecular complexity index is 303. The summed E-state index contributed by atoms with van der Waals surface area (Å²) in [6.07, 6.45) is 0.941. The SMILES string of the molecule is C[SiH](C)OCC(CC(C)(C)C)=C1CNC1=O. The van der Waals surface area contributed by atoms with Crippen LogP contribution < -0.4 is 5.32 Å². The quantitative estimate of drug-likeness (QED) is 0.463. The minimum Gasteiger partial charge on any atom is -0.417 e. The van der Waals surface area contributed by atoms with Gasteiger partial charge in [0.05, 0.1) is 6.61 Å². The van der Waals surface area contributed by atoms with Gasteiger partial charge < -0.3 is 9.74 Å². The zero-order valence-corrected chi connectivity index (χ0v) is 12.2. The number of amides is 1. The monoisotopic (exact) mass is 241 g/mol. The van der Waals surface area contributed by atoms with Gasteiger partial charge in [-0.3, -0.25) is 4.79 Å². The maximum absolute atomic E-state index is 11.4. The van der Waals surface area contributed by atoms with E-state index >= 15 is 0 Å². The molecule has 92 valence electrons. The second kappa shape index (κ2) is 5.14. The Labute approximate surface area is 100.0 Å². The summed E-state index contributed by atoms with van der Waals surface area (Å²) < 4.78 is 5.76. The smallest absolute Gasteiger partial charge is 0.249 e. The van der Waals surface area contributed by atoms with Crippen LogP contribution in [0, 0.1) is 5.41 Å². The summed E-state index contributed by atoms with van der Waals surface area (Å²) in [6.45, 7) is 12.2. The second-order valence-corrected chi connectivity index (χ2v) is 8.29. The van der Waals surface area contributed by atoms with E-state index in [9.17, 15) is 4.79 Å². The highest BCUT2D eigenvalue weighted by Crippen LogP contribution is 2.27. The summed E-state index contributed by atoms with van der Waals surface area (Å²) in [5.74, 6) is 0.0910. The van der Waals surface area contributed by atoms with Crippen LogP contribution in [0.15, 0.2) is 11.1 Å². The van der Waals surface area contributed by atoms with E-state index in [2.05, 4.69) is 39.2 Å². The summed E-state index contributed by atoms with van der Waals surface area (Å²) in [5.41, 5.74) is 2.35. The number of nitrogens with one attached hydrogen (secondary N) is 1. The molecule has 1 saturated heterocycles. The maximum Gasteiger partial charge on any atom is 0.249 e. The van der Waals surface area contributed by atoms with Crippen molar-refractivity contribution in [3.63, 3.8) is 0 Å². The van der Waals surface area contributed by atoms with Crippen molar-refractivity contribution in [2.45, 2.75) is 40.3 Å². The predicted molar refractivity (Wildman–Crippen MR) is 68.9 cm³/mol. The molecule has 0 aromatic carbocycles. The molecule has 1 aliphatic heterocycles. The van der Waals surface area contributed by atoms with E-state index in [4.69, 9.17) is 4.43 Å². The number of hydrogen-bond donors (Lipinski definition) is 1. The van der Waals surface area contributed by atoms with Gasteiger partial charge in [0.25, 0.3) is 0 Å². The van der Waals surface area contributed by atoms with Crippen molar-refractivity contribution < 1.29 is 9.22 Å². The van der Waals surface area contributed by atoms with Gasteiger partial charge in [-0.1, -0.05) is 20.8 Å². The lowest BCUT2D eigenvalue weighted by molar-refractivity contribution is -0.120. The lowest BCUT2D eigenvalue weighted by atomic mass is 9.85. The van der Waals surface area contributed by atoms with Crippen molar-refractivity contribution in [3.8, 4) is 0 Å². The van der Waals surface area contributed by atoms with Crippen LogP contribution in [0.3, 0.4) is 0 Å². The summed E-state index contributed by atoms with van der Waals surface area (Å²) in [4.78, 5) is 11.4. The largest absolute Gasteiger partial charge is 0.417 e. The van der Waals surface area contributed by atoms with Gasteiger partial charge in [-0.05, 0) is 30.5 Å². The molecule has 0 bridgehead atoms. The molecule has 1 rings (SSSR count). The Morgan fingerprint density at radius 1 is 1.44 bits per heavy atom. The van der Waals surface area contributed by atoms with Crippen LogP contribution in [0.2, 0.25) is 13.1 Å². The molecule has 0 aromatic heterocycles. The van der Waals surface area contributed by atoms with Gasteiger partial charge in [-0.15, -0.1) is 0 Å². The van der Waals surface area contributed by atoms with Crippen LogP contribution in [0.1, 0.15) is 27.2 Å². The molecule has 4 heteroatoms. The highest BCUT2D eigenvalue weighted by molar-refractivity contribution is 6.48. The fourth-order valence-corrected chi connectivity index (χ4v) is 2.22. The van der Waals surface area contributed by atoms with Gasteiger partial charge in [0.2, 0.25) is 5.91 Å². The molecule has 16 heavy (non-hydrogen) atoms. The average Bonchev–Trinajstić information content (AvgIpc) is 2.09. The van der Waals surface area contributed by atoms with Gasteiger partial charge in [-0.2, -0.15) is 0 Å². The number of β-lactam (4-membered cyclic amide) rings is 1. The summed E-state index contributed by atoms with van der Waals surface area (Å²) >= 11 is 0. The fourth-order valence-electron chi connectivity index (χ4n) is 1.69. The van der Waals surface area contributed by atoms with Crippen molar-refractivity contribution in [1.29, 1.82) is 0 Å². The van der Waals surface area contributed by atoms with Gasteiger partial charge in [-0.25, -0.2) is 0 Å². The summed E-state index contributed by atoms with van der Waals surface area (Å²) in [7, 11) is -1.01. The Kier molecular flexibility index (Phi) is 4.33. The molecule has 1 N–H and O–H groups in total. The van der Waals surface area contributed by atoms with E-state index in [1.807, 2.05) is 0 Å². The third kappa shape index (κ3) is 4.10. The minimum atomic E-state index is -1.01. The van der Waals surface area contributed by atoms with Crippen LogP contribution >= 0.6 is 0 Å². The van der Waals surface area contributed by atoms with Gasteiger partial charge in [0.15, 0.2) is 9.04 Å². The second-order valence-electron chi connectivity index (χ2n) is 5.86. The van der Waals surface area contributed by atoms with Crippen molar-refractivity contribution >= 4 is 14.9 Å².